The molecule has 1 N–H and O–H groups in total. The van der Waals surface area contributed by atoms with E-state index in [-0.39, 0.29) is 17.3 Å². The Balaban J connectivity index is 1.23. The van der Waals surface area contributed by atoms with Gasteiger partial charge in [0, 0.05) is 31.7 Å². The van der Waals surface area contributed by atoms with Crippen molar-refractivity contribution in [2.45, 2.75) is 63.7 Å². The lowest BCUT2D eigenvalue weighted by atomic mass is 10.0. The molecule has 10 heteroatoms. The molecule has 4 rings (SSSR count). The van der Waals surface area contributed by atoms with Gasteiger partial charge in [0.25, 0.3) is 0 Å². The minimum Gasteiger partial charge on any atom is -0.355 e. The molecule has 3 heterocycles. The van der Waals surface area contributed by atoms with Crippen LogP contribution in [0.3, 0.4) is 0 Å². The fraction of sp³-hybridized carbons (Fsp3) is 0.500. The van der Waals surface area contributed by atoms with Gasteiger partial charge in [0.1, 0.15) is 12.2 Å². The van der Waals surface area contributed by atoms with Crippen molar-refractivity contribution < 1.29 is 4.79 Å². The van der Waals surface area contributed by atoms with Gasteiger partial charge < -0.3 is 5.32 Å². The molecule has 1 amide bonds. The minimum atomic E-state index is -0.0730. The van der Waals surface area contributed by atoms with E-state index in [9.17, 15) is 9.59 Å². The van der Waals surface area contributed by atoms with Crippen molar-refractivity contribution in [3.63, 3.8) is 0 Å². The third-order valence-corrected chi connectivity index (χ3v) is 6.53. The smallest absolute Gasteiger partial charge is 0.345 e. The van der Waals surface area contributed by atoms with Crippen molar-refractivity contribution in [2.75, 3.05) is 12.3 Å². The van der Waals surface area contributed by atoms with Crippen molar-refractivity contribution in [2.24, 2.45) is 0 Å². The zero-order valence-corrected chi connectivity index (χ0v) is 19.3. The van der Waals surface area contributed by atoms with Crippen LogP contribution >= 0.6 is 11.8 Å². The molecule has 0 atom stereocenters. The van der Waals surface area contributed by atoms with E-state index in [0.717, 1.165) is 37.3 Å². The molecule has 1 aliphatic rings. The normalized spacial score (nSPS) is 13.3. The first kappa shape index (κ1) is 22.3. The average molecular weight is 456 g/mol. The van der Waals surface area contributed by atoms with E-state index in [1.807, 2.05) is 16.7 Å². The molecule has 0 radical (unpaired) electrons. The standard InChI is InChI=1S/C22H29N7O2S/c1-16(2)17-7-9-18(10-8-17)28-15-24-25-21(28)32-14-20(30)23-11-5-13-29-22(31)27-12-4-3-6-19(27)26-29/h7-10,15-16H,3-6,11-14H2,1-2H3,(H,23,30). The van der Waals surface area contributed by atoms with Crippen LogP contribution in [-0.2, 0) is 24.3 Å². The molecular weight excluding hydrogens is 426 g/mol. The maximum Gasteiger partial charge on any atom is 0.345 e. The summed E-state index contributed by atoms with van der Waals surface area (Å²) in [5.41, 5.74) is 2.20. The number of carbonyl (C=O) groups excluding carboxylic acids is 1. The molecule has 9 nitrogen and oxygen atoms in total. The largest absolute Gasteiger partial charge is 0.355 e. The van der Waals surface area contributed by atoms with Crippen LogP contribution < -0.4 is 11.0 Å². The van der Waals surface area contributed by atoms with Crippen molar-refractivity contribution in [1.29, 1.82) is 0 Å². The molecule has 1 aromatic carbocycles. The van der Waals surface area contributed by atoms with Gasteiger partial charge in [0.05, 0.1) is 5.75 Å². The summed E-state index contributed by atoms with van der Waals surface area (Å²) in [6, 6.07) is 8.28. The first-order valence-electron chi connectivity index (χ1n) is 11.1. The predicted molar refractivity (Wildman–Crippen MR) is 123 cm³/mol. The zero-order chi connectivity index (χ0) is 22.5. The molecular formula is C22H29N7O2S. The summed E-state index contributed by atoms with van der Waals surface area (Å²) in [5.74, 6) is 1.53. The summed E-state index contributed by atoms with van der Waals surface area (Å²) in [6.45, 7) is 6.09. The second-order valence-corrected chi connectivity index (χ2v) is 9.20. The Morgan fingerprint density at radius 1 is 1.22 bits per heavy atom. The summed E-state index contributed by atoms with van der Waals surface area (Å²) in [7, 11) is 0. The number of carbonyl (C=O) groups is 1. The second-order valence-electron chi connectivity index (χ2n) is 8.25. The minimum absolute atomic E-state index is 0.0395. The molecule has 32 heavy (non-hydrogen) atoms. The highest BCUT2D eigenvalue weighted by Crippen LogP contribution is 2.21. The van der Waals surface area contributed by atoms with Crippen LogP contribution in [0.5, 0.6) is 0 Å². The topological polar surface area (TPSA) is 99.6 Å². The number of hydrogen-bond acceptors (Lipinski definition) is 6. The van der Waals surface area contributed by atoms with Gasteiger partial charge in [-0.3, -0.25) is 13.9 Å². The number of hydrogen-bond donors (Lipinski definition) is 1. The molecule has 1 aliphatic heterocycles. The van der Waals surface area contributed by atoms with Crippen LogP contribution in [0.2, 0.25) is 0 Å². The highest BCUT2D eigenvalue weighted by atomic mass is 32.2. The van der Waals surface area contributed by atoms with Gasteiger partial charge in [0.15, 0.2) is 5.16 Å². The molecule has 170 valence electrons. The molecule has 0 spiro atoms. The molecule has 0 fully saturated rings. The lowest BCUT2D eigenvalue weighted by Crippen LogP contribution is -2.30. The Kier molecular flexibility index (Phi) is 7.09. The van der Waals surface area contributed by atoms with Crippen molar-refractivity contribution in [3.8, 4) is 5.69 Å². The first-order chi connectivity index (χ1) is 15.5. The second kappa shape index (κ2) is 10.2. The quantitative estimate of drug-likeness (QED) is 0.393. The molecule has 2 aromatic heterocycles. The molecule has 0 bridgehead atoms. The molecule has 3 aromatic rings. The number of fused-ring (bicyclic) bond motifs is 1. The predicted octanol–water partition coefficient (Wildman–Crippen LogP) is 2.38. The summed E-state index contributed by atoms with van der Waals surface area (Å²) in [6.07, 6.45) is 5.30. The number of nitrogens with zero attached hydrogens (tertiary/aromatic N) is 6. The van der Waals surface area contributed by atoms with Crippen molar-refractivity contribution in [3.05, 3.63) is 52.5 Å². The number of aromatic nitrogens is 6. The Morgan fingerprint density at radius 2 is 2.03 bits per heavy atom. The van der Waals surface area contributed by atoms with E-state index in [4.69, 9.17) is 0 Å². The summed E-state index contributed by atoms with van der Waals surface area (Å²) in [5, 5.41) is 16.1. The third kappa shape index (κ3) is 5.12. The van der Waals surface area contributed by atoms with Gasteiger partial charge in [0.2, 0.25) is 5.91 Å². The fourth-order valence-electron chi connectivity index (χ4n) is 3.75. The third-order valence-electron chi connectivity index (χ3n) is 5.59. The number of thioether (sulfide) groups is 1. The molecule has 0 saturated carbocycles. The lowest BCUT2D eigenvalue weighted by Gasteiger charge is -2.09. The van der Waals surface area contributed by atoms with Gasteiger partial charge in [-0.1, -0.05) is 37.7 Å². The number of nitrogens with one attached hydrogen (secondary N) is 1. The Labute approximate surface area is 191 Å². The van der Waals surface area contributed by atoms with Crippen molar-refractivity contribution in [1.82, 2.24) is 34.4 Å². The van der Waals surface area contributed by atoms with E-state index < -0.39 is 0 Å². The van der Waals surface area contributed by atoms with E-state index in [1.165, 1.54) is 22.0 Å². The van der Waals surface area contributed by atoms with Crippen LogP contribution in [0, 0.1) is 0 Å². The Morgan fingerprint density at radius 3 is 2.78 bits per heavy atom. The van der Waals surface area contributed by atoms with Crippen LogP contribution in [0.25, 0.3) is 5.69 Å². The van der Waals surface area contributed by atoms with Crippen LogP contribution in [0.15, 0.2) is 40.5 Å². The zero-order valence-electron chi connectivity index (χ0n) is 18.5. The SMILES string of the molecule is CC(C)c1ccc(-n2cnnc2SCC(=O)NCCCn2nc3n(c2=O)CCCC3)cc1. The number of benzene rings is 1. The lowest BCUT2D eigenvalue weighted by molar-refractivity contribution is -0.118. The van der Waals surface area contributed by atoms with Crippen LogP contribution in [0.4, 0.5) is 0 Å². The first-order valence-corrected chi connectivity index (χ1v) is 12.1. The van der Waals surface area contributed by atoms with E-state index in [2.05, 4.69) is 46.6 Å². The van der Waals surface area contributed by atoms with Gasteiger partial charge in [-0.15, -0.1) is 10.2 Å². The van der Waals surface area contributed by atoms with E-state index in [0.29, 0.717) is 30.6 Å². The fourth-order valence-corrected chi connectivity index (χ4v) is 4.51. The molecule has 0 aliphatic carbocycles. The molecule has 0 saturated heterocycles. The maximum absolute atomic E-state index is 12.3. The van der Waals surface area contributed by atoms with Gasteiger partial charge >= 0.3 is 5.69 Å². The van der Waals surface area contributed by atoms with Crippen molar-refractivity contribution >= 4 is 17.7 Å². The summed E-state index contributed by atoms with van der Waals surface area (Å²) < 4.78 is 5.18. The monoisotopic (exact) mass is 455 g/mol. The highest BCUT2D eigenvalue weighted by molar-refractivity contribution is 7.99. The number of aryl methyl sites for hydroxylation is 2. The number of amides is 1. The van der Waals surface area contributed by atoms with Gasteiger partial charge in [-0.25, -0.2) is 9.48 Å². The van der Waals surface area contributed by atoms with Crippen LogP contribution in [-0.4, -0.2) is 47.3 Å². The molecule has 0 unspecified atom stereocenters. The summed E-state index contributed by atoms with van der Waals surface area (Å²) >= 11 is 1.35. The van der Waals surface area contributed by atoms with Crippen LogP contribution in [0.1, 0.15) is 50.4 Å². The Hall–Kier alpha value is -2.88. The van der Waals surface area contributed by atoms with E-state index in [1.54, 1.807) is 10.9 Å². The Bertz CT molecular complexity index is 1110. The van der Waals surface area contributed by atoms with E-state index >= 15 is 0 Å². The maximum atomic E-state index is 12.3. The highest BCUT2D eigenvalue weighted by Gasteiger charge is 2.16. The summed E-state index contributed by atoms with van der Waals surface area (Å²) in [4.78, 5) is 24.6. The van der Waals surface area contributed by atoms with Gasteiger partial charge in [-0.2, -0.15) is 5.10 Å². The van der Waals surface area contributed by atoms with Gasteiger partial charge in [-0.05, 0) is 42.9 Å². The number of rotatable bonds is 9. The average Bonchev–Trinajstić information content (AvgIpc) is 3.40.